The molecule has 0 aromatic heterocycles. The summed E-state index contributed by atoms with van der Waals surface area (Å²) in [5.74, 6) is -0.780. The highest BCUT2D eigenvalue weighted by molar-refractivity contribution is 8.01. The van der Waals surface area contributed by atoms with Crippen LogP contribution in [0.3, 0.4) is 0 Å². The van der Waals surface area contributed by atoms with Crippen LogP contribution in [-0.4, -0.2) is 60.1 Å². The minimum Gasteiger partial charge on any atom is -0.480 e. The number of carbonyl (C=O) groups excluding carboxylic acids is 1. The van der Waals surface area contributed by atoms with Crippen molar-refractivity contribution in [3.8, 4) is 0 Å². The lowest BCUT2D eigenvalue weighted by Gasteiger charge is -2.10. The van der Waals surface area contributed by atoms with Gasteiger partial charge in [0.2, 0.25) is 5.91 Å². The van der Waals surface area contributed by atoms with Crippen LogP contribution in [0.4, 0.5) is 0 Å². The molecular weight excluding hydrogens is 228 g/mol. The molecule has 0 aliphatic carbocycles. The molecule has 1 amide bonds. The molecule has 0 heterocycles. The number of hydrogen-bond donors (Lipinski definition) is 2. The van der Waals surface area contributed by atoms with Crippen molar-refractivity contribution in [3.63, 3.8) is 0 Å². The zero-order valence-corrected chi connectivity index (χ0v) is 10.8. The molecule has 16 heavy (non-hydrogen) atoms. The molecule has 0 spiro atoms. The van der Waals surface area contributed by atoms with Gasteiger partial charge in [0, 0.05) is 6.54 Å². The molecule has 6 heteroatoms. The second kappa shape index (κ2) is 8.41. The Balaban J connectivity index is 3.48. The van der Waals surface area contributed by atoms with E-state index in [-0.39, 0.29) is 11.7 Å². The molecule has 0 saturated carbocycles. The van der Waals surface area contributed by atoms with Gasteiger partial charge in [-0.25, -0.2) is 0 Å². The summed E-state index contributed by atoms with van der Waals surface area (Å²) in [5.41, 5.74) is 0. The van der Waals surface area contributed by atoms with Crippen LogP contribution in [0.5, 0.6) is 0 Å². The molecule has 0 aliphatic rings. The summed E-state index contributed by atoms with van der Waals surface area (Å²) >= 11 is 1.13. The fourth-order valence-electron chi connectivity index (χ4n) is 0.946. The molecule has 1 atom stereocenters. The number of hydrogen-bond acceptors (Lipinski definition) is 4. The lowest BCUT2D eigenvalue weighted by atomic mass is 10.4. The maximum atomic E-state index is 11.3. The van der Waals surface area contributed by atoms with E-state index < -0.39 is 11.2 Å². The van der Waals surface area contributed by atoms with Crippen LogP contribution in [-0.2, 0) is 9.59 Å². The predicted octanol–water partition coefficient (Wildman–Crippen LogP) is 0.261. The summed E-state index contributed by atoms with van der Waals surface area (Å²) in [4.78, 5) is 23.8. The average molecular weight is 248 g/mol. The fraction of sp³-hybridized carbons (Fsp3) is 0.800. The van der Waals surface area contributed by atoms with Gasteiger partial charge < -0.3 is 15.3 Å². The molecule has 0 bridgehead atoms. The number of carboxylic acids is 1. The summed E-state index contributed by atoms with van der Waals surface area (Å²) in [7, 11) is 3.96. The zero-order chi connectivity index (χ0) is 12.6. The Morgan fingerprint density at radius 1 is 1.44 bits per heavy atom. The van der Waals surface area contributed by atoms with Gasteiger partial charge in [-0.2, -0.15) is 0 Å². The first kappa shape index (κ1) is 15.2. The summed E-state index contributed by atoms with van der Waals surface area (Å²) in [6, 6.07) is 0. The third-order valence-corrected chi connectivity index (χ3v) is 3.05. The molecular formula is C10H20N2O3S. The van der Waals surface area contributed by atoms with Crippen molar-refractivity contribution in [3.05, 3.63) is 0 Å². The minimum atomic E-state index is -0.884. The second-order valence-corrected chi connectivity index (χ2v) is 5.13. The third-order valence-electron chi connectivity index (χ3n) is 1.92. The minimum absolute atomic E-state index is 0.100. The van der Waals surface area contributed by atoms with Gasteiger partial charge in [-0.05, 0) is 34.0 Å². The Labute approximate surface area is 101 Å². The van der Waals surface area contributed by atoms with Crippen LogP contribution in [0.15, 0.2) is 0 Å². The third kappa shape index (κ3) is 8.55. The SMILES string of the molecule is C[C@H](SCC(=O)NCCCN(C)C)C(=O)O. The molecule has 2 N–H and O–H groups in total. The zero-order valence-electron chi connectivity index (χ0n) is 10.0. The van der Waals surface area contributed by atoms with Gasteiger partial charge in [-0.15, -0.1) is 11.8 Å². The number of aliphatic carboxylic acids is 1. The van der Waals surface area contributed by atoms with Crippen LogP contribution in [0, 0.1) is 0 Å². The van der Waals surface area contributed by atoms with Crippen LogP contribution in [0.1, 0.15) is 13.3 Å². The Morgan fingerprint density at radius 2 is 2.06 bits per heavy atom. The van der Waals surface area contributed by atoms with Gasteiger partial charge in [0.25, 0.3) is 0 Å². The topological polar surface area (TPSA) is 69.6 Å². The molecule has 0 unspecified atom stereocenters. The van der Waals surface area contributed by atoms with Crippen LogP contribution in [0.2, 0.25) is 0 Å². The molecule has 94 valence electrons. The maximum absolute atomic E-state index is 11.3. The van der Waals surface area contributed by atoms with Gasteiger partial charge in [0.15, 0.2) is 0 Å². The fourth-order valence-corrected chi connectivity index (χ4v) is 1.59. The van der Waals surface area contributed by atoms with Gasteiger partial charge in [0.05, 0.1) is 11.0 Å². The van der Waals surface area contributed by atoms with Crippen molar-refractivity contribution in [2.75, 3.05) is 32.9 Å². The number of nitrogens with zero attached hydrogens (tertiary/aromatic N) is 1. The largest absolute Gasteiger partial charge is 0.480 e. The van der Waals surface area contributed by atoms with Crippen molar-refractivity contribution in [1.82, 2.24) is 10.2 Å². The summed E-state index contributed by atoms with van der Waals surface area (Å²) in [6.45, 7) is 3.14. The highest BCUT2D eigenvalue weighted by Gasteiger charge is 2.12. The average Bonchev–Trinajstić information content (AvgIpc) is 2.20. The van der Waals surface area contributed by atoms with E-state index in [1.54, 1.807) is 6.92 Å². The highest BCUT2D eigenvalue weighted by Crippen LogP contribution is 2.09. The normalized spacial score (nSPS) is 12.5. The summed E-state index contributed by atoms with van der Waals surface area (Å²) in [6.07, 6.45) is 0.901. The lowest BCUT2D eigenvalue weighted by Crippen LogP contribution is -2.29. The number of nitrogens with one attached hydrogen (secondary N) is 1. The number of thioether (sulfide) groups is 1. The Bertz CT molecular complexity index is 234. The van der Waals surface area contributed by atoms with Crippen molar-refractivity contribution < 1.29 is 14.7 Å². The molecule has 0 radical (unpaired) electrons. The van der Waals surface area contributed by atoms with E-state index in [0.29, 0.717) is 6.54 Å². The molecule has 0 saturated heterocycles. The smallest absolute Gasteiger partial charge is 0.316 e. The van der Waals surface area contributed by atoms with Crippen molar-refractivity contribution in [1.29, 1.82) is 0 Å². The highest BCUT2D eigenvalue weighted by atomic mass is 32.2. The summed E-state index contributed by atoms with van der Waals surface area (Å²) in [5, 5.41) is 10.8. The second-order valence-electron chi connectivity index (χ2n) is 3.80. The van der Waals surface area contributed by atoms with Crippen molar-refractivity contribution in [2.24, 2.45) is 0 Å². The molecule has 0 fully saturated rings. The van der Waals surface area contributed by atoms with Crippen molar-refractivity contribution >= 4 is 23.6 Å². The first-order valence-electron chi connectivity index (χ1n) is 5.19. The Morgan fingerprint density at radius 3 is 2.56 bits per heavy atom. The predicted molar refractivity (Wildman–Crippen MR) is 65.7 cm³/mol. The van der Waals surface area contributed by atoms with E-state index in [1.807, 2.05) is 19.0 Å². The number of amides is 1. The monoisotopic (exact) mass is 248 g/mol. The first-order valence-corrected chi connectivity index (χ1v) is 6.24. The van der Waals surface area contributed by atoms with E-state index in [4.69, 9.17) is 5.11 Å². The van der Waals surface area contributed by atoms with E-state index in [1.165, 1.54) is 0 Å². The molecule has 0 aromatic carbocycles. The molecule has 0 aromatic rings. The molecule has 0 rings (SSSR count). The number of rotatable bonds is 8. The van der Waals surface area contributed by atoms with E-state index in [2.05, 4.69) is 5.32 Å². The number of carbonyl (C=O) groups is 2. The van der Waals surface area contributed by atoms with Gasteiger partial charge >= 0.3 is 5.97 Å². The Hall–Kier alpha value is -0.750. The maximum Gasteiger partial charge on any atom is 0.316 e. The van der Waals surface area contributed by atoms with Gasteiger partial charge in [-0.1, -0.05) is 0 Å². The van der Waals surface area contributed by atoms with Gasteiger partial charge in [-0.3, -0.25) is 9.59 Å². The quantitative estimate of drug-likeness (QED) is 0.603. The lowest BCUT2D eigenvalue weighted by molar-refractivity contribution is -0.136. The van der Waals surface area contributed by atoms with Crippen LogP contribution in [0.25, 0.3) is 0 Å². The first-order chi connectivity index (χ1) is 7.43. The van der Waals surface area contributed by atoms with Gasteiger partial charge in [0.1, 0.15) is 0 Å². The van der Waals surface area contributed by atoms with Crippen molar-refractivity contribution in [2.45, 2.75) is 18.6 Å². The Kier molecular flexibility index (Phi) is 8.01. The van der Waals surface area contributed by atoms with E-state index >= 15 is 0 Å². The van der Waals surface area contributed by atoms with Crippen LogP contribution < -0.4 is 5.32 Å². The number of carboxylic acid groups (broad SMARTS) is 1. The van der Waals surface area contributed by atoms with E-state index in [0.717, 1.165) is 24.7 Å². The standard InChI is InChI=1S/C10H20N2O3S/c1-8(10(14)15)16-7-9(13)11-5-4-6-12(2)3/h8H,4-7H2,1-3H3,(H,11,13)(H,14,15)/t8-/m0/s1. The molecule has 5 nitrogen and oxygen atoms in total. The molecule has 0 aliphatic heterocycles. The van der Waals surface area contributed by atoms with E-state index in [9.17, 15) is 9.59 Å². The van der Waals surface area contributed by atoms with Crippen LogP contribution >= 0.6 is 11.8 Å². The summed E-state index contributed by atoms with van der Waals surface area (Å²) < 4.78 is 0.